The van der Waals surface area contributed by atoms with Gasteiger partial charge in [-0.05, 0) is 61.6 Å². The monoisotopic (exact) mass is 485 g/mol. The molecule has 5 rings (SSSR count). The van der Waals surface area contributed by atoms with Crippen molar-refractivity contribution in [3.63, 3.8) is 0 Å². The van der Waals surface area contributed by atoms with Crippen molar-refractivity contribution in [3.8, 4) is 0 Å². The molecule has 4 heterocycles. The van der Waals surface area contributed by atoms with E-state index in [1.807, 2.05) is 18.9 Å². The highest BCUT2D eigenvalue weighted by Crippen LogP contribution is 2.30. The van der Waals surface area contributed by atoms with Gasteiger partial charge < -0.3 is 14.0 Å². The fraction of sp³-hybridized carbons (Fsp3) is 0.517. The molecule has 0 atom stereocenters. The number of fused-ring (bicyclic) bond motifs is 1. The summed E-state index contributed by atoms with van der Waals surface area (Å²) in [6, 6.07) is 7.16. The largest absolute Gasteiger partial charge is 0.341 e. The van der Waals surface area contributed by atoms with Crippen LogP contribution in [0.3, 0.4) is 0 Å². The quantitative estimate of drug-likeness (QED) is 0.350. The summed E-state index contributed by atoms with van der Waals surface area (Å²) in [4.78, 5) is 21.4. The number of anilines is 1. The molecule has 0 bridgehead atoms. The van der Waals surface area contributed by atoms with E-state index in [9.17, 15) is 0 Å². The number of aromatic nitrogens is 6. The number of hydrogen-bond acceptors (Lipinski definition) is 5. The first-order valence-electron chi connectivity index (χ1n) is 13.2. The SMILES string of the molecule is Cc1ccc(C(C)(C)C)cc1Cc1nc(N2CCC(Cn3ccnc3)CC2)nc2ncn(C(C)C)c12. The van der Waals surface area contributed by atoms with E-state index in [4.69, 9.17) is 15.0 Å². The van der Waals surface area contributed by atoms with Crippen molar-refractivity contribution in [1.82, 2.24) is 29.1 Å². The Kier molecular flexibility index (Phi) is 6.58. The van der Waals surface area contributed by atoms with Crippen LogP contribution in [0.15, 0.2) is 43.2 Å². The molecule has 1 aliphatic heterocycles. The fourth-order valence-corrected chi connectivity index (χ4v) is 5.18. The molecule has 7 nitrogen and oxygen atoms in total. The smallest absolute Gasteiger partial charge is 0.227 e. The Labute approximate surface area is 214 Å². The Hall–Kier alpha value is -3.22. The number of aryl methyl sites for hydroxylation is 1. The number of benzene rings is 1. The van der Waals surface area contributed by atoms with Crippen LogP contribution in [0.2, 0.25) is 0 Å². The van der Waals surface area contributed by atoms with Crippen molar-refractivity contribution in [2.24, 2.45) is 5.92 Å². The van der Waals surface area contributed by atoms with Crippen LogP contribution >= 0.6 is 0 Å². The van der Waals surface area contributed by atoms with Gasteiger partial charge in [0, 0.05) is 44.5 Å². The van der Waals surface area contributed by atoms with Crippen LogP contribution in [-0.4, -0.2) is 42.2 Å². The highest BCUT2D eigenvalue weighted by molar-refractivity contribution is 5.76. The van der Waals surface area contributed by atoms with Crippen molar-refractivity contribution >= 4 is 17.1 Å². The fourth-order valence-electron chi connectivity index (χ4n) is 5.18. The number of rotatable bonds is 6. The van der Waals surface area contributed by atoms with Gasteiger partial charge in [0.2, 0.25) is 5.95 Å². The van der Waals surface area contributed by atoms with Crippen molar-refractivity contribution in [1.29, 1.82) is 0 Å². The average Bonchev–Trinajstić information content (AvgIpc) is 3.50. The van der Waals surface area contributed by atoms with E-state index < -0.39 is 0 Å². The van der Waals surface area contributed by atoms with Gasteiger partial charge in [-0.1, -0.05) is 39.0 Å². The predicted octanol–water partition coefficient (Wildman–Crippen LogP) is 5.72. The first-order chi connectivity index (χ1) is 17.2. The van der Waals surface area contributed by atoms with Crippen LogP contribution in [0.1, 0.15) is 75.9 Å². The summed E-state index contributed by atoms with van der Waals surface area (Å²) in [7, 11) is 0. The second-order valence-electron chi connectivity index (χ2n) is 11.6. The summed E-state index contributed by atoms with van der Waals surface area (Å²) < 4.78 is 4.41. The molecule has 190 valence electrons. The van der Waals surface area contributed by atoms with Crippen molar-refractivity contribution in [2.45, 2.75) is 78.8 Å². The van der Waals surface area contributed by atoms with Gasteiger partial charge >= 0.3 is 0 Å². The molecule has 1 saturated heterocycles. The summed E-state index contributed by atoms with van der Waals surface area (Å²) in [5.74, 6) is 1.47. The van der Waals surface area contributed by atoms with Crippen LogP contribution in [0.25, 0.3) is 11.2 Å². The van der Waals surface area contributed by atoms with Crippen LogP contribution < -0.4 is 4.90 Å². The van der Waals surface area contributed by atoms with E-state index >= 15 is 0 Å². The molecular weight excluding hydrogens is 446 g/mol. The lowest BCUT2D eigenvalue weighted by molar-refractivity contribution is 0.355. The Morgan fingerprint density at radius 3 is 2.50 bits per heavy atom. The van der Waals surface area contributed by atoms with Crippen molar-refractivity contribution in [3.05, 3.63) is 65.6 Å². The number of imidazole rings is 2. The maximum atomic E-state index is 5.21. The summed E-state index contributed by atoms with van der Waals surface area (Å²) >= 11 is 0. The molecule has 1 fully saturated rings. The van der Waals surface area contributed by atoms with Gasteiger partial charge in [0.1, 0.15) is 5.52 Å². The molecule has 0 N–H and O–H groups in total. The Morgan fingerprint density at radius 1 is 1.06 bits per heavy atom. The van der Waals surface area contributed by atoms with E-state index in [1.54, 1.807) is 0 Å². The molecule has 36 heavy (non-hydrogen) atoms. The number of hydrogen-bond donors (Lipinski definition) is 0. The zero-order valence-corrected chi connectivity index (χ0v) is 22.6. The Morgan fingerprint density at radius 2 is 1.83 bits per heavy atom. The second-order valence-corrected chi connectivity index (χ2v) is 11.6. The van der Waals surface area contributed by atoms with Gasteiger partial charge in [-0.15, -0.1) is 0 Å². The minimum Gasteiger partial charge on any atom is -0.341 e. The van der Waals surface area contributed by atoms with Crippen LogP contribution in [0.4, 0.5) is 5.95 Å². The van der Waals surface area contributed by atoms with Gasteiger partial charge in [0.05, 0.1) is 18.3 Å². The first-order valence-corrected chi connectivity index (χ1v) is 13.2. The Balaban J connectivity index is 1.46. The van der Waals surface area contributed by atoms with E-state index in [1.165, 1.54) is 16.7 Å². The lowest BCUT2D eigenvalue weighted by atomic mass is 9.84. The van der Waals surface area contributed by atoms with Gasteiger partial charge in [-0.25, -0.2) is 15.0 Å². The average molecular weight is 486 g/mol. The molecule has 1 aromatic carbocycles. The third-order valence-corrected chi connectivity index (χ3v) is 7.54. The number of piperidine rings is 1. The summed E-state index contributed by atoms with van der Waals surface area (Å²) in [6.45, 7) is 16.4. The maximum absolute atomic E-state index is 5.21. The lowest BCUT2D eigenvalue weighted by Gasteiger charge is -2.32. The Bertz CT molecular complexity index is 1320. The number of nitrogens with zero attached hydrogens (tertiary/aromatic N) is 7. The maximum Gasteiger partial charge on any atom is 0.227 e. The lowest BCUT2D eigenvalue weighted by Crippen LogP contribution is -2.36. The molecule has 3 aromatic heterocycles. The van der Waals surface area contributed by atoms with E-state index in [0.717, 1.165) is 61.7 Å². The summed E-state index contributed by atoms with van der Waals surface area (Å²) in [5, 5.41) is 0. The normalized spacial score (nSPS) is 15.4. The van der Waals surface area contributed by atoms with Gasteiger partial charge in [-0.2, -0.15) is 4.98 Å². The van der Waals surface area contributed by atoms with Crippen molar-refractivity contribution < 1.29 is 0 Å². The molecule has 0 spiro atoms. The molecule has 1 aliphatic rings. The molecule has 0 aliphatic carbocycles. The topological polar surface area (TPSA) is 64.7 Å². The third kappa shape index (κ3) is 5.01. The first kappa shape index (κ1) is 24.5. The molecule has 0 amide bonds. The van der Waals surface area contributed by atoms with E-state index in [-0.39, 0.29) is 5.41 Å². The van der Waals surface area contributed by atoms with Crippen LogP contribution in [0, 0.1) is 12.8 Å². The van der Waals surface area contributed by atoms with E-state index in [2.05, 4.69) is 85.0 Å². The second kappa shape index (κ2) is 9.68. The standard InChI is InChI=1S/C29H39N7/c1-20(2)36-19-31-27-26(36)25(16-23-15-24(29(4,5)6)8-7-21(23)3)32-28(33-27)35-12-9-22(10-13-35)17-34-14-11-30-18-34/h7-8,11,14-15,18-20,22H,9-10,12-13,16-17H2,1-6H3. The molecule has 0 radical (unpaired) electrons. The van der Waals surface area contributed by atoms with Gasteiger partial charge in [0.15, 0.2) is 5.65 Å². The predicted molar refractivity (Wildman–Crippen MR) is 146 cm³/mol. The minimum atomic E-state index is 0.107. The molecule has 0 unspecified atom stereocenters. The summed E-state index contributed by atoms with van der Waals surface area (Å²) in [6.07, 6.45) is 10.8. The minimum absolute atomic E-state index is 0.107. The highest BCUT2D eigenvalue weighted by atomic mass is 15.3. The molecular formula is C29H39N7. The van der Waals surface area contributed by atoms with Crippen LogP contribution in [0.5, 0.6) is 0 Å². The molecule has 7 heteroatoms. The zero-order valence-electron chi connectivity index (χ0n) is 22.6. The van der Waals surface area contributed by atoms with Gasteiger partial charge in [-0.3, -0.25) is 0 Å². The molecule has 4 aromatic rings. The zero-order chi connectivity index (χ0) is 25.4. The molecule has 0 saturated carbocycles. The summed E-state index contributed by atoms with van der Waals surface area (Å²) in [5.41, 5.74) is 7.01. The van der Waals surface area contributed by atoms with Crippen LogP contribution in [-0.2, 0) is 18.4 Å². The van der Waals surface area contributed by atoms with Gasteiger partial charge in [0.25, 0.3) is 0 Å². The van der Waals surface area contributed by atoms with Crippen molar-refractivity contribution in [2.75, 3.05) is 18.0 Å². The third-order valence-electron chi connectivity index (χ3n) is 7.54. The van der Waals surface area contributed by atoms with E-state index in [0.29, 0.717) is 12.0 Å². The highest BCUT2D eigenvalue weighted by Gasteiger charge is 2.24.